The number of thiocarbonyl (C=S) groups is 1. The maximum atomic E-state index is 5.45. The normalized spacial score (nSPS) is 20.4. The SMILES string of the molecule is NC(=S)c1cnc(NC2CCCSC2)cn1. The van der Waals surface area contributed by atoms with E-state index in [1.165, 1.54) is 18.6 Å². The van der Waals surface area contributed by atoms with Crippen LogP contribution in [0.25, 0.3) is 0 Å². The molecule has 0 aromatic carbocycles. The number of nitrogens with one attached hydrogen (secondary N) is 1. The minimum absolute atomic E-state index is 0.285. The zero-order chi connectivity index (χ0) is 11.4. The monoisotopic (exact) mass is 254 g/mol. The van der Waals surface area contributed by atoms with Gasteiger partial charge in [0.25, 0.3) is 0 Å². The van der Waals surface area contributed by atoms with Gasteiger partial charge in [0.1, 0.15) is 16.5 Å². The van der Waals surface area contributed by atoms with Gasteiger partial charge >= 0.3 is 0 Å². The Morgan fingerprint density at radius 2 is 2.38 bits per heavy atom. The number of anilines is 1. The topological polar surface area (TPSA) is 63.8 Å². The van der Waals surface area contributed by atoms with Crippen LogP contribution in [0.3, 0.4) is 0 Å². The molecule has 2 rings (SSSR count). The number of rotatable bonds is 3. The molecule has 6 heteroatoms. The van der Waals surface area contributed by atoms with E-state index in [0.29, 0.717) is 11.7 Å². The summed E-state index contributed by atoms with van der Waals surface area (Å²) in [5.74, 6) is 3.20. The van der Waals surface area contributed by atoms with Crippen molar-refractivity contribution in [3.8, 4) is 0 Å². The number of aromatic nitrogens is 2. The van der Waals surface area contributed by atoms with E-state index in [1.807, 2.05) is 11.8 Å². The van der Waals surface area contributed by atoms with Crippen LogP contribution in [0.15, 0.2) is 12.4 Å². The lowest BCUT2D eigenvalue weighted by Crippen LogP contribution is -2.26. The van der Waals surface area contributed by atoms with Gasteiger partial charge in [0.2, 0.25) is 0 Å². The van der Waals surface area contributed by atoms with Crippen molar-refractivity contribution in [2.45, 2.75) is 18.9 Å². The molecule has 1 unspecified atom stereocenters. The Kier molecular flexibility index (Phi) is 3.95. The standard InChI is InChI=1S/C10H14N4S2/c11-10(15)8-4-13-9(5-12-8)14-7-2-1-3-16-6-7/h4-5,7H,1-3,6H2,(H2,11,15)(H,13,14). The summed E-state index contributed by atoms with van der Waals surface area (Å²) in [6, 6.07) is 0.503. The van der Waals surface area contributed by atoms with Gasteiger partial charge in [0.05, 0.1) is 12.4 Å². The van der Waals surface area contributed by atoms with Gasteiger partial charge in [-0.25, -0.2) is 9.97 Å². The van der Waals surface area contributed by atoms with Crippen LogP contribution < -0.4 is 11.1 Å². The maximum Gasteiger partial charge on any atom is 0.144 e. The number of thioether (sulfide) groups is 1. The van der Waals surface area contributed by atoms with Crippen LogP contribution in [-0.4, -0.2) is 32.5 Å². The maximum absolute atomic E-state index is 5.45. The van der Waals surface area contributed by atoms with E-state index in [2.05, 4.69) is 15.3 Å². The fourth-order valence-corrected chi connectivity index (χ4v) is 2.77. The molecule has 1 atom stereocenters. The van der Waals surface area contributed by atoms with E-state index in [1.54, 1.807) is 12.4 Å². The van der Waals surface area contributed by atoms with Crippen molar-refractivity contribution in [3.63, 3.8) is 0 Å². The summed E-state index contributed by atoms with van der Waals surface area (Å²) >= 11 is 6.80. The highest BCUT2D eigenvalue weighted by molar-refractivity contribution is 7.99. The van der Waals surface area contributed by atoms with E-state index < -0.39 is 0 Å². The lowest BCUT2D eigenvalue weighted by molar-refractivity contribution is 0.682. The molecule has 1 saturated heterocycles. The fourth-order valence-electron chi connectivity index (χ4n) is 1.59. The van der Waals surface area contributed by atoms with Crippen LogP contribution in [0.1, 0.15) is 18.5 Å². The molecule has 0 amide bonds. The smallest absolute Gasteiger partial charge is 0.144 e. The van der Waals surface area contributed by atoms with E-state index in [0.717, 1.165) is 11.6 Å². The molecular weight excluding hydrogens is 240 g/mol. The summed E-state index contributed by atoms with van der Waals surface area (Å²) < 4.78 is 0. The summed E-state index contributed by atoms with van der Waals surface area (Å²) in [5, 5.41) is 3.37. The van der Waals surface area contributed by atoms with Gasteiger partial charge in [-0.15, -0.1) is 0 Å². The Morgan fingerprint density at radius 1 is 1.50 bits per heavy atom. The molecule has 0 bridgehead atoms. The van der Waals surface area contributed by atoms with E-state index in [9.17, 15) is 0 Å². The van der Waals surface area contributed by atoms with Crippen LogP contribution >= 0.6 is 24.0 Å². The van der Waals surface area contributed by atoms with Crippen molar-refractivity contribution in [1.29, 1.82) is 0 Å². The highest BCUT2D eigenvalue weighted by Gasteiger charge is 2.13. The van der Waals surface area contributed by atoms with Crippen LogP contribution in [0.5, 0.6) is 0 Å². The average Bonchev–Trinajstić information content (AvgIpc) is 2.31. The van der Waals surface area contributed by atoms with Crippen LogP contribution in [0, 0.1) is 0 Å². The summed E-state index contributed by atoms with van der Waals surface area (Å²) in [5.41, 5.74) is 6.02. The molecule has 1 aromatic heterocycles. The molecule has 0 spiro atoms. The fraction of sp³-hybridized carbons (Fsp3) is 0.500. The molecule has 1 fully saturated rings. The second kappa shape index (κ2) is 5.45. The van der Waals surface area contributed by atoms with E-state index >= 15 is 0 Å². The molecule has 0 aliphatic carbocycles. The summed E-state index contributed by atoms with van der Waals surface area (Å²) in [4.78, 5) is 8.67. The predicted octanol–water partition coefficient (Wildman–Crippen LogP) is 1.42. The molecule has 4 nitrogen and oxygen atoms in total. The van der Waals surface area contributed by atoms with Crippen molar-refractivity contribution in [1.82, 2.24) is 9.97 Å². The van der Waals surface area contributed by atoms with Crippen molar-refractivity contribution in [2.24, 2.45) is 5.73 Å². The molecule has 1 aliphatic heterocycles. The molecule has 1 aromatic rings. The van der Waals surface area contributed by atoms with Crippen molar-refractivity contribution < 1.29 is 0 Å². The molecule has 2 heterocycles. The van der Waals surface area contributed by atoms with Crippen LogP contribution in [-0.2, 0) is 0 Å². The Hall–Kier alpha value is -0.880. The third-order valence-corrected chi connectivity index (χ3v) is 3.84. The zero-order valence-electron chi connectivity index (χ0n) is 8.85. The number of hydrogen-bond acceptors (Lipinski definition) is 5. The molecule has 86 valence electrons. The Morgan fingerprint density at radius 3 is 2.94 bits per heavy atom. The van der Waals surface area contributed by atoms with Gasteiger partial charge in [-0.1, -0.05) is 12.2 Å². The average molecular weight is 254 g/mol. The molecule has 0 radical (unpaired) electrons. The quantitative estimate of drug-likeness (QED) is 0.795. The predicted molar refractivity (Wildman–Crippen MR) is 71.9 cm³/mol. The summed E-state index contributed by atoms with van der Waals surface area (Å²) in [6.07, 6.45) is 5.76. The minimum atomic E-state index is 0.285. The highest BCUT2D eigenvalue weighted by Crippen LogP contribution is 2.19. The van der Waals surface area contributed by atoms with Crippen LogP contribution in [0.4, 0.5) is 5.82 Å². The van der Waals surface area contributed by atoms with Gasteiger partial charge in [-0.3, -0.25) is 0 Å². The Labute approximate surface area is 104 Å². The van der Waals surface area contributed by atoms with Crippen LogP contribution in [0.2, 0.25) is 0 Å². The minimum Gasteiger partial charge on any atom is -0.388 e. The van der Waals surface area contributed by atoms with Crippen molar-refractivity contribution in [2.75, 3.05) is 16.8 Å². The largest absolute Gasteiger partial charge is 0.388 e. The van der Waals surface area contributed by atoms with Gasteiger partial charge in [-0.05, 0) is 18.6 Å². The highest BCUT2D eigenvalue weighted by atomic mass is 32.2. The number of nitrogens with zero attached hydrogens (tertiary/aromatic N) is 2. The number of hydrogen-bond donors (Lipinski definition) is 2. The van der Waals surface area contributed by atoms with Gasteiger partial charge in [0, 0.05) is 11.8 Å². The third-order valence-electron chi connectivity index (χ3n) is 2.42. The first-order valence-electron chi connectivity index (χ1n) is 5.22. The molecule has 16 heavy (non-hydrogen) atoms. The summed E-state index contributed by atoms with van der Waals surface area (Å²) in [6.45, 7) is 0. The van der Waals surface area contributed by atoms with E-state index in [4.69, 9.17) is 18.0 Å². The zero-order valence-corrected chi connectivity index (χ0v) is 10.5. The number of nitrogens with two attached hydrogens (primary N) is 1. The van der Waals surface area contributed by atoms with E-state index in [-0.39, 0.29) is 4.99 Å². The second-order valence-electron chi connectivity index (χ2n) is 3.71. The Bertz CT molecular complexity index is 360. The van der Waals surface area contributed by atoms with Crippen molar-refractivity contribution in [3.05, 3.63) is 18.1 Å². The molecule has 0 saturated carbocycles. The van der Waals surface area contributed by atoms with Crippen molar-refractivity contribution >= 4 is 34.8 Å². The van der Waals surface area contributed by atoms with Gasteiger partial charge in [-0.2, -0.15) is 11.8 Å². The first-order valence-corrected chi connectivity index (χ1v) is 6.78. The van der Waals surface area contributed by atoms with Gasteiger partial charge < -0.3 is 11.1 Å². The summed E-state index contributed by atoms with van der Waals surface area (Å²) in [7, 11) is 0. The van der Waals surface area contributed by atoms with Gasteiger partial charge in [0.15, 0.2) is 0 Å². The molecule has 3 N–H and O–H groups in total. The third kappa shape index (κ3) is 3.05. The first-order chi connectivity index (χ1) is 7.75. The lowest BCUT2D eigenvalue weighted by Gasteiger charge is -2.22. The molecular formula is C10H14N4S2. The second-order valence-corrected chi connectivity index (χ2v) is 5.30. The Balaban J connectivity index is 1.96. The lowest BCUT2D eigenvalue weighted by atomic mass is 10.2. The molecule has 1 aliphatic rings. The first kappa shape index (κ1) is 11.6.